The molecular formula is C23H27N3O4. The monoisotopic (exact) mass is 409 g/mol. The molecule has 0 aromatic heterocycles. The van der Waals surface area contributed by atoms with Gasteiger partial charge in [0.1, 0.15) is 11.8 Å². The van der Waals surface area contributed by atoms with Gasteiger partial charge in [-0.2, -0.15) is 0 Å². The molecule has 0 fully saturated rings. The number of benzene rings is 2. The van der Waals surface area contributed by atoms with Gasteiger partial charge in [-0.05, 0) is 50.6 Å². The predicted octanol–water partition coefficient (Wildman–Crippen LogP) is 2.54. The van der Waals surface area contributed by atoms with Crippen LogP contribution in [-0.2, 0) is 4.79 Å². The number of nitrogens with zero attached hydrogens (tertiary/aromatic N) is 1. The van der Waals surface area contributed by atoms with Crippen LogP contribution in [0.1, 0.15) is 53.1 Å². The van der Waals surface area contributed by atoms with Crippen LogP contribution in [0.2, 0.25) is 0 Å². The smallest absolute Gasteiger partial charge is 0.255 e. The number of methoxy groups -OCH3 is 1. The molecule has 0 bridgehead atoms. The molecule has 0 radical (unpaired) electrons. The highest BCUT2D eigenvalue weighted by Gasteiger charge is 2.37. The van der Waals surface area contributed by atoms with Gasteiger partial charge in [-0.25, -0.2) is 0 Å². The Balaban J connectivity index is 2.11. The van der Waals surface area contributed by atoms with Crippen molar-refractivity contribution in [1.82, 2.24) is 15.5 Å². The molecule has 2 aromatic rings. The summed E-state index contributed by atoms with van der Waals surface area (Å²) in [6.45, 7) is 6.06. The summed E-state index contributed by atoms with van der Waals surface area (Å²) in [5.74, 6) is -0.347. The molecule has 1 aliphatic rings. The van der Waals surface area contributed by atoms with Gasteiger partial charge < -0.3 is 20.3 Å². The van der Waals surface area contributed by atoms with E-state index in [9.17, 15) is 14.4 Å². The lowest BCUT2D eigenvalue weighted by Gasteiger charge is -2.36. The highest BCUT2D eigenvalue weighted by molar-refractivity contribution is 6.02. The maximum Gasteiger partial charge on any atom is 0.255 e. The number of hydrogen-bond acceptors (Lipinski definition) is 4. The van der Waals surface area contributed by atoms with Crippen molar-refractivity contribution in [1.29, 1.82) is 0 Å². The zero-order valence-electron chi connectivity index (χ0n) is 17.7. The maximum absolute atomic E-state index is 13.5. The molecule has 0 saturated carbocycles. The SMILES string of the molecule is COc1cccc(C(=O)N2CCNC(=O)c3ccccc3C2C(=O)NC(C)(C)C)c1. The van der Waals surface area contributed by atoms with E-state index in [4.69, 9.17) is 4.74 Å². The Bertz CT molecular complexity index is 965. The molecule has 30 heavy (non-hydrogen) atoms. The summed E-state index contributed by atoms with van der Waals surface area (Å²) in [7, 11) is 1.53. The third-order valence-electron chi connectivity index (χ3n) is 4.77. The predicted molar refractivity (Wildman–Crippen MR) is 113 cm³/mol. The zero-order valence-corrected chi connectivity index (χ0v) is 17.7. The first-order valence-corrected chi connectivity index (χ1v) is 9.85. The van der Waals surface area contributed by atoms with E-state index in [1.165, 1.54) is 12.0 Å². The van der Waals surface area contributed by atoms with Crippen LogP contribution in [0.15, 0.2) is 48.5 Å². The lowest BCUT2D eigenvalue weighted by Crippen LogP contribution is -2.52. The minimum Gasteiger partial charge on any atom is -0.497 e. The number of carbonyl (C=O) groups excluding carboxylic acids is 3. The van der Waals surface area contributed by atoms with E-state index in [1.54, 1.807) is 48.5 Å². The largest absolute Gasteiger partial charge is 0.497 e. The first-order chi connectivity index (χ1) is 14.2. The third kappa shape index (κ3) is 4.62. The number of carbonyl (C=O) groups is 3. The fourth-order valence-corrected chi connectivity index (χ4v) is 3.49. The minimum atomic E-state index is -0.940. The summed E-state index contributed by atoms with van der Waals surface area (Å²) in [6, 6.07) is 12.8. The van der Waals surface area contributed by atoms with Gasteiger partial charge in [0.2, 0.25) is 5.91 Å². The summed E-state index contributed by atoms with van der Waals surface area (Å²) in [5, 5.41) is 5.78. The Labute approximate surface area is 176 Å². The van der Waals surface area contributed by atoms with Crippen molar-refractivity contribution in [3.8, 4) is 5.75 Å². The Morgan fingerprint density at radius 1 is 1.13 bits per heavy atom. The van der Waals surface area contributed by atoms with Gasteiger partial charge in [0.15, 0.2) is 0 Å². The van der Waals surface area contributed by atoms with Crippen LogP contribution in [-0.4, -0.2) is 48.4 Å². The molecule has 7 nitrogen and oxygen atoms in total. The van der Waals surface area contributed by atoms with E-state index in [-0.39, 0.29) is 30.8 Å². The number of ether oxygens (including phenoxy) is 1. The fraction of sp³-hybridized carbons (Fsp3) is 0.348. The maximum atomic E-state index is 13.5. The van der Waals surface area contributed by atoms with E-state index < -0.39 is 11.6 Å². The van der Waals surface area contributed by atoms with Crippen molar-refractivity contribution in [2.75, 3.05) is 20.2 Å². The van der Waals surface area contributed by atoms with E-state index >= 15 is 0 Å². The Hall–Kier alpha value is -3.35. The molecule has 2 aromatic carbocycles. The number of rotatable bonds is 3. The van der Waals surface area contributed by atoms with Crippen molar-refractivity contribution in [3.05, 3.63) is 65.2 Å². The molecule has 1 atom stereocenters. The summed E-state index contributed by atoms with van der Waals surface area (Å²) in [6.07, 6.45) is 0. The van der Waals surface area contributed by atoms with Crippen molar-refractivity contribution >= 4 is 17.7 Å². The number of amides is 3. The number of fused-ring (bicyclic) bond motifs is 1. The standard InChI is InChI=1S/C23H27N3O4/c1-23(2,3)25-21(28)19-17-10-5-6-11-18(17)20(27)24-12-13-26(19)22(29)15-8-7-9-16(14-15)30-4/h5-11,14,19H,12-13H2,1-4H3,(H,24,27)(H,25,28). The second kappa shape index (κ2) is 8.57. The summed E-state index contributed by atoms with van der Waals surface area (Å²) in [5.41, 5.74) is 0.788. The normalized spacial score (nSPS) is 16.6. The van der Waals surface area contributed by atoms with Crippen molar-refractivity contribution in [2.24, 2.45) is 0 Å². The van der Waals surface area contributed by atoms with E-state index in [2.05, 4.69) is 10.6 Å². The molecule has 7 heteroatoms. The Morgan fingerprint density at radius 3 is 2.57 bits per heavy atom. The lowest BCUT2D eigenvalue weighted by molar-refractivity contribution is -0.127. The van der Waals surface area contributed by atoms with Crippen LogP contribution in [0, 0.1) is 0 Å². The van der Waals surface area contributed by atoms with Gasteiger partial charge in [0.05, 0.1) is 7.11 Å². The molecule has 3 rings (SSSR count). The third-order valence-corrected chi connectivity index (χ3v) is 4.77. The van der Waals surface area contributed by atoms with Gasteiger partial charge in [-0.15, -0.1) is 0 Å². The van der Waals surface area contributed by atoms with Crippen LogP contribution >= 0.6 is 0 Å². The number of nitrogens with one attached hydrogen (secondary N) is 2. The van der Waals surface area contributed by atoms with Crippen LogP contribution in [0.5, 0.6) is 5.75 Å². The fourth-order valence-electron chi connectivity index (χ4n) is 3.49. The van der Waals surface area contributed by atoms with Crippen molar-refractivity contribution < 1.29 is 19.1 Å². The first kappa shape index (κ1) is 21.4. The Morgan fingerprint density at radius 2 is 1.87 bits per heavy atom. The van der Waals surface area contributed by atoms with Crippen LogP contribution in [0.25, 0.3) is 0 Å². The Kier molecular flexibility index (Phi) is 6.10. The second-order valence-corrected chi connectivity index (χ2v) is 8.22. The molecule has 0 aliphatic carbocycles. The highest BCUT2D eigenvalue weighted by Crippen LogP contribution is 2.29. The van der Waals surface area contributed by atoms with Gasteiger partial charge >= 0.3 is 0 Å². The van der Waals surface area contributed by atoms with Crippen molar-refractivity contribution in [2.45, 2.75) is 32.4 Å². The zero-order chi connectivity index (χ0) is 21.9. The molecule has 1 heterocycles. The van der Waals surface area contributed by atoms with E-state index in [0.717, 1.165) is 0 Å². The molecule has 1 unspecified atom stereocenters. The average molecular weight is 409 g/mol. The average Bonchev–Trinajstić information content (AvgIpc) is 2.70. The van der Waals surface area contributed by atoms with Crippen LogP contribution in [0.3, 0.4) is 0 Å². The van der Waals surface area contributed by atoms with Gasteiger partial charge in [-0.1, -0.05) is 24.3 Å². The molecular weight excluding hydrogens is 382 g/mol. The van der Waals surface area contributed by atoms with Crippen molar-refractivity contribution in [3.63, 3.8) is 0 Å². The van der Waals surface area contributed by atoms with Gasteiger partial charge in [-0.3, -0.25) is 14.4 Å². The summed E-state index contributed by atoms with van der Waals surface area (Å²) < 4.78 is 5.24. The van der Waals surface area contributed by atoms with Crippen LogP contribution in [0.4, 0.5) is 0 Å². The summed E-state index contributed by atoms with van der Waals surface area (Å²) >= 11 is 0. The topological polar surface area (TPSA) is 87.7 Å². The lowest BCUT2D eigenvalue weighted by atomic mass is 9.94. The molecule has 3 amide bonds. The molecule has 2 N–H and O–H groups in total. The first-order valence-electron chi connectivity index (χ1n) is 9.85. The molecule has 0 saturated heterocycles. The molecule has 0 spiro atoms. The van der Waals surface area contributed by atoms with Gasteiger partial charge in [0.25, 0.3) is 11.8 Å². The molecule has 1 aliphatic heterocycles. The summed E-state index contributed by atoms with van der Waals surface area (Å²) in [4.78, 5) is 40.9. The van der Waals surface area contributed by atoms with Crippen LogP contribution < -0.4 is 15.4 Å². The minimum absolute atomic E-state index is 0.193. The van der Waals surface area contributed by atoms with E-state index in [0.29, 0.717) is 22.4 Å². The quantitative estimate of drug-likeness (QED) is 0.816. The second-order valence-electron chi connectivity index (χ2n) is 8.22. The van der Waals surface area contributed by atoms with E-state index in [1.807, 2.05) is 20.8 Å². The van der Waals surface area contributed by atoms with Gasteiger partial charge in [0, 0.05) is 29.8 Å². The molecule has 158 valence electrons. The number of hydrogen-bond donors (Lipinski definition) is 2. The highest BCUT2D eigenvalue weighted by atomic mass is 16.5.